The number of amides is 1. The maximum atomic E-state index is 11.4. The lowest BCUT2D eigenvalue weighted by molar-refractivity contribution is 0.0795. The highest BCUT2D eigenvalue weighted by Gasteiger charge is 2.21. The van der Waals surface area contributed by atoms with Gasteiger partial charge in [-0.2, -0.15) is 0 Å². The first-order chi connectivity index (χ1) is 8.29. The van der Waals surface area contributed by atoms with Crippen molar-refractivity contribution in [1.82, 2.24) is 20.2 Å². The SMILES string of the molecule is C1CCNC1.CN1CNc2ncncc2C1=O. The molecule has 1 saturated heterocycles. The Morgan fingerprint density at radius 3 is 2.76 bits per heavy atom. The summed E-state index contributed by atoms with van der Waals surface area (Å²) in [4.78, 5) is 20.7. The van der Waals surface area contributed by atoms with Gasteiger partial charge in [-0.05, 0) is 25.9 Å². The molecule has 2 aliphatic heterocycles. The number of fused-ring (bicyclic) bond motifs is 1. The standard InChI is InChI=1S/C7H8N4O.C4H9N/c1-11-4-10-6-5(7(11)12)2-8-3-9-6;1-2-4-5-3-1/h2-3H,4H2,1H3,(H,8,9,10);5H,1-4H2. The number of hydrogen-bond donors (Lipinski definition) is 2. The summed E-state index contributed by atoms with van der Waals surface area (Å²) in [6.07, 6.45) is 5.72. The van der Waals surface area contributed by atoms with E-state index in [2.05, 4.69) is 20.6 Å². The van der Waals surface area contributed by atoms with E-state index in [-0.39, 0.29) is 5.91 Å². The molecule has 1 amide bonds. The first-order valence-electron chi connectivity index (χ1n) is 5.79. The zero-order valence-corrected chi connectivity index (χ0v) is 9.94. The van der Waals surface area contributed by atoms with Crippen molar-refractivity contribution in [3.05, 3.63) is 18.1 Å². The molecule has 0 bridgehead atoms. The molecule has 17 heavy (non-hydrogen) atoms. The molecule has 6 heteroatoms. The van der Waals surface area contributed by atoms with Gasteiger partial charge in [0.1, 0.15) is 17.7 Å². The van der Waals surface area contributed by atoms with E-state index in [1.165, 1.54) is 38.5 Å². The summed E-state index contributed by atoms with van der Waals surface area (Å²) in [7, 11) is 1.73. The molecule has 0 atom stereocenters. The number of rotatable bonds is 0. The Balaban J connectivity index is 0.000000181. The summed E-state index contributed by atoms with van der Waals surface area (Å²) in [5.74, 6) is 0.581. The second-order valence-electron chi connectivity index (χ2n) is 4.08. The summed E-state index contributed by atoms with van der Waals surface area (Å²) in [5, 5.41) is 6.22. The highest BCUT2D eigenvalue weighted by molar-refractivity contribution is 5.99. The maximum absolute atomic E-state index is 11.4. The highest BCUT2D eigenvalue weighted by atomic mass is 16.2. The minimum absolute atomic E-state index is 0.0376. The first-order valence-corrected chi connectivity index (χ1v) is 5.79. The van der Waals surface area contributed by atoms with Crippen LogP contribution in [0.25, 0.3) is 0 Å². The normalized spacial score (nSPS) is 17.9. The van der Waals surface area contributed by atoms with Crippen LogP contribution in [0.4, 0.5) is 5.82 Å². The van der Waals surface area contributed by atoms with E-state index in [9.17, 15) is 4.79 Å². The highest BCUT2D eigenvalue weighted by Crippen LogP contribution is 2.15. The molecule has 92 valence electrons. The number of nitrogens with zero attached hydrogens (tertiary/aromatic N) is 3. The third-order valence-corrected chi connectivity index (χ3v) is 2.73. The van der Waals surface area contributed by atoms with Crippen LogP contribution in [0.5, 0.6) is 0 Å². The molecule has 3 rings (SSSR count). The Morgan fingerprint density at radius 1 is 1.35 bits per heavy atom. The predicted octanol–water partition coefficient (Wildman–Crippen LogP) is 0.301. The summed E-state index contributed by atoms with van der Waals surface area (Å²) < 4.78 is 0. The van der Waals surface area contributed by atoms with E-state index < -0.39 is 0 Å². The van der Waals surface area contributed by atoms with Gasteiger partial charge in [0, 0.05) is 13.2 Å². The molecular weight excluding hydrogens is 218 g/mol. The van der Waals surface area contributed by atoms with E-state index >= 15 is 0 Å². The van der Waals surface area contributed by atoms with Crippen molar-refractivity contribution in [2.24, 2.45) is 0 Å². The molecule has 1 aromatic rings. The topological polar surface area (TPSA) is 70.2 Å². The van der Waals surface area contributed by atoms with Crippen LogP contribution in [0, 0.1) is 0 Å². The lowest BCUT2D eigenvalue weighted by atomic mass is 10.2. The molecule has 0 unspecified atom stereocenters. The molecule has 0 radical (unpaired) electrons. The van der Waals surface area contributed by atoms with Crippen LogP contribution in [0.1, 0.15) is 23.2 Å². The number of anilines is 1. The molecule has 0 aliphatic carbocycles. The van der Waals surface area contributed by atoms with Gasteiger partial charge < -0.3 is 15.5 Å². The van der Waals surface area contributed by atoms with Crippen LogP contribution in [0.15, 0.2) is 12.5 Å². The van der Waals surface area contributed by atoms with Crippen LogP contribution in [0.3, 0.4) is 0 Å². The van der Waals surface area contributed by atoms with Gasteiger partial charge >= 0.3 is 0 Å². The van der Waals surface area contributed by atoms with Crippen LogP contribution >= 0.6 is 0 Å². The van der Waals surface area contributed by atoms with Crippen molar-refractivity contribution in [3.63, 3.8) is 0 Å². The van der Waals surface area contributed by atoms with Gasteiger partial charge in [-0.15, -0.1) is 0 Å². The Kier molecular flexibility index (Phi) is 3.87. The zero-order valence-electron chi connectivity index (χ0n) is 9.94. The number of carbonyl (C=O) groups excluding carboxylic acids is 1. The Hall–Kier alpha value is -1.69. The van der Waals surface area contributed by atoms with Gasteiger partial charge in [0.15, 0.2) is 0 Å². The van der Waals surface area contributed by atoms with E-state index in [0.717, 1.165) is 0 Å². The summed E-state index contributed by atoms with van der Waals surface area (Å²) in [6.45, 7) is 3.00. The quantitative estimate of drug-likeness (QED) is 0.677. The molecule has 6 nitrogen and oxygen atoms in total. The summed E-state index contributed by atoms with van der Waals surface area (Å²) in [6, 6.07) is 0. The zero-order chi connectivity index (χ0) is 12.1. The van der Waals surface area contributed by atoms with Crippen LogP contribution in [0.2, 0.25) is 0 Å². The number of carbonyl (C=O) groups is 1. The molecule has 2 aliphatic rings. The summed E-state index contributed by atoms with van der Waals surface area (Å²) in [5.41, 5.74) is 0.534. The van der Waals surface area contributed by atoms with Crippen LogP contribution in [-0.2, 0) is 0 Å². The minimum Gasteiger partial charge on any atom is -0.352 e. The third-order valence-electron chi connectivity index (χ3n) is 2.73. The summed E-state index contributed by atoms with van der Waals surface area (Å²) >= 11 is 0. The van der Waals surface area contributed by atoms with Gasteiger partial charge in [-0.1, -0.05) is 0 Å². The monoisotopic (exact) mass is 235 g/mol. The van der Waals surface area contributed by atoms with Crippen LogP contribution in [-0.4, -0.2) is 47.6 Å². The van der Waals surface area contributed by atoms with Crippen molar-refractivity contribution in [1.29, 1.82) is 0 Å². The molecule has 1 fully saturated rings. The number of aromatic nitrogens is 2. The second kappa shape index (κ2) is 5.58. The molecule has 0 aromatic carbocycles. The fraction of sp³-hybridized carbons (Fsp3) is 0.545. The lowest BCUT2D eigenvalue weighted by Crippen LogP contribution is -2.37. The van der Waals surface area contributed by atoms with Gasteiger partial charge in [-0.3, -0.25) is 4.79 Å². The number of nitrogens with one attached hydrogen (secondary N) is 2. The molecule has 1 aromatic heterocycles. The van der Waals surface area contributed by atoms with Crippen molar-refractivity contribution in [2.75, 3.05) is 32.1 Å². The minimum atomic E-state index is -0.0376. The van der Waals surface area contributed by atoms with Crippen molar-refractivity contribution < 1.29 is 4.79 Å². The average molecular weight is 235 g/mol. The lowest BCUT2D eigenvalue weighted by Gasteiger charge is -2.24. The van der Waals surface area contributed by atoms with E-state index in [1.807, 2.05) is 0 Å². The maximum Gasteiger partial charge on any atom is 0.260 e. The van der Waals surface area contributed by atoms with E-state index in [1.54, 1.807) is 11.9 Å². The van der Waals surface area contributed by atoms with Gasteiger partial charge in [0.25, 0.3) is 5.91 Å². The second-order valence-corrected chi connectivity index (χ2v) is 4.08. The largest absolute Gasteiger partial charge is 0.352 e. The van der Waals surface area contributed by atoms with Gasteiger partial charge in [0.2, 0.25) is 0 Å². The van der Waals surface area contributed by atoms with E-state index in [4.69, 9.17) is 0 Å². The van der Waals surface area contributed by atoms with Crippen molar-refractivity contribution in [3.8, 4) is 0 Å². The molecule has 0 saturated carbocycles. The third kappa shape index (κ3) is 2.91. The van der Waals surface area contributed by atoms with Gasteiger partial charge in [0.05, 0.1) is 6.67 Å². The average Bonchev–Trinajstić information content (AvgIpc) is 2.93. The Bertz CT molecular complexity index is 384. The molecular formula is C11H17N5O. The molecule has 0 spiro atoms. The van der Waals surface area contributed by atoms with Crippen LogP contribution < -0.4 is 10.6 Å². The predicted molar refractivity (Wildman–Crippen MR) is 64.7 cm³/mol. The molecule has 2 N–H and O–H groups in total. The van der Waals surface area contributed by atoms with E-state index in [0.29, 0.717) is 18.1 Å². The Labute approximate surface area is 100 Å². The smallest absolute Gasteiger partial charge is 0.260 e. The molecule has 3 heterocycles. The fourth-order valence-corrected chi connectivity index (χ4v) is 1.72. The van der Waals surface area contributed by atoms with Crippen molar-refractivity contribution >= 4 is 11.7 Å². The van der Waals surface area contributed by atoms with Crippen molar-refractivity contribution in [2.45, 2.75) is 12.8 Å². The van der Waals surface area contributed by atoms with Gasteiger partial charge in [-0.25, -0.2) is 9.97 Å². The fourth-order valence-electron chi connectivity index (χ4n) is 1.72. The Morgan fingerprint density at radius 2 is 2.12 bits per heavy atom. The number of hydrogen-bond acceptors (Lipinski definition) is 5. The first kappa shape index (κ1) is 11.8.